The molecule has 3 aromatic rings. The lowest BCUT2D eigenvalue weighted by atomic mass is 10.1. The van der Waals surface area contributed by atoms with Gasteiger partial charge in [0.25, 0.3) is 0 Å². The van der Waals surface area contributed by atoms with E-state index in [2.05, 4.69) is 9.97 Å². The summed E-state index contributed by atoms with van der Waals surface area (Å²) in [7, 11) is 1.35. The highest BCUT2D eigenvalue weighted by Crippen LogP contribution is 2.29. The van der Waals surface area contributed by atoms with Crippen LogP contribution in [0.25, 0.3) is 11.0 Å². The minimum atomic E-state index is -0.402. The van der Waals surface area contributed by atoms with Crippen molar-refractivity contribution in [3.63, 3.8) is 0 Å². The van der Waals surface area contributed by atoms with Crippen molar-refractivity contribution in [3.05, 3.63) is 52.5 Å². The molecule has 0 atom stereocenters. The molecule has 2 aromatic carbocycles. The topological polar surface area (TPSA) is 81.0 Å². The number of aromatic nitrogens is 2. The highest BCUT2D eigenvalue weighted by Gasteiger charge is 2.15. The Kier molecular flexibility index (Phi) is 4.45. The van der Waals surface area contributed by atoms with Gasteiger partial charge in [0.05, 0.1) is 23.7 Å². The normalized spacial score (nSPS) is 10.9. The van der Waals surface area contributed by atoms with E-state index in [1.54, 1.807) is 24.3 Å². The monoisotopic (exact) mass is 347 g/mol. The van der Waals surface area contributed by atoms with E-state index in [1.807, 2.05) is 12.1 Å². The Balaban J connectivity index is 1.86. The zero-order valence-corrected chi connectivity index (χ0v) is 13.9. The molecule has 0 saturated heterocycles. The number of H-pyrrole nitrogens is 1. The van der Waals surface area contributed by atoms with Crippen LogP contribution < -0.4 is 5.73 Å². The van der Waals surface area contributed by atoms with E-state index in [9.17, 15) is 4.79 Å². The summed E-state index contributed by atoms with van der Waals surface area (Å²) in [6, 6.07) is 10.7. The van der Waals surface area contributed by atoms with Crippen molar-refractivity contribution in [2.45, 2.75) is 10.9 Å². The molecular formula is C16H14ClN3O2S. The molecule has 0 bridgehead atoms. The first-order chi connectivity index (χ1) is 11.1. The molecule has 0 amide bonds. The van der Waals surface area contributed by atoms with Gasteiger partial charge in [0.1, 0.15) is 0 Å². The number of anilines is 1. The maximum atomic E-state index is 11.8. The SMILES string of the molecule is COC(=O)c1cccc(Cl)c1CSc1nc2ccc(N)cc2[nH]1. The van der Waals surface area contributed by atoms with Crippen LogP contribution in [0, 0.1) is 0 Å². The first-order valence-electron chi connectivity index (χ1n) is 6.82. The molecular weight excluding hydrogens is 334 g/mol. The molecule has 3 N–H and O–H groups in total. The molecule has 0 radical (unpaired) electrons. The number of imidazole rings is 1. The molecule has 3 rings (SSSR count). The Hall–Kier alpha value is -2.18. The van der Waals surface area contributed by atoms with Gasteiger partial charge in [-0.25, -0.2) is 9.78 Å². The Labute approximate surface area is 142 Å². The lowest BCUT2D eigenvalue weighted by Crippen LogP contribution is -2.05. The molecule has 1 aromatic heterocycles. The number of nitrogens with zero attached hydrogens (tertiary/aromatic N) is 1. The number of halogens is 1. The van der Waals surface area contributed by atoms with E-state index in [0.29, 0.717) is 22.0 Å². The van der Waals surface area contributed by atoms with Crippen LogP contribution >= 0.6 is 23.4 Å². The average Bonchev–Trinajstić information content (AvgIpc) is 2.94. The lowest BCUT2D eigenvalue weighted by molar-refractivity contribution is 0.0600. The summed E-state index contributed by atoms with van der Waals surface area (Å²) in [5.74, 6) is 0.0971. The van der Waals surface area contributed by atoms with Crippen molar-refractivity contribution in [1.29, 1.82) is 0 Å². The third-order valence-electron chi connectivity index (χ3n) is 3.36. The maximum absolute atomic E-state index is 11.8. The average molecular weight is 348 g/mol. The van der Waals surface area contributed by atoms with Gasteiger partial charge in [-0.05, 0) is 35.9 Å². The lowest BCUT2D eigenvalue weighted by Gasteiger charge is -2.08. The number of nitrogens with two attached hydrogens (primary N) is 1. The maximum Gasteiger partial charge on any atom is 0.338 e. The number of nitrogen functional groups attached to an aromatic ring is 1. The second kappa shape index (κ2) is 6.52. The number of aromatic amines is 1. The fourth-order valence-corrected chi connectivity index (χ4v) is 3.48. The summed E-state index contributed by atoms with van der Waals surface area (Å²) in [4.78, 5) is 19.5. The van der Waals surface area contributed by atoms with E-state index in [0.717, 1.165) is 21.8 Å². The van der Waals surface area contributed by atoms with E-state index in [1.165, 1.54) is 18.9 Å². The number of esters is 1. The van der Waals surface area contributed by atoms with Crippen LogP contribution in [0.3, 0.4) is 0 Å². The largest absolute Gasteiger partial charge is 0.465 e. The first-order valence-corrected chi connectivity index (χ1v) is 8.18. The van der Waals surface area contributed by atoms with Crippen molar-refractivity contribution >= 4 is 46.1 Å². The number of nitrogens with one attached hydrogen (secondary N) is 1. The summed E-state index contributed by atoms with van der Waals surface area (Å²) >= 11 is 7.69. The smallest absolute Gasteiger partial charge is 0.338 e. The number of fused-ring (bicyclic) bond motifs is 1. The Bertz CT molecular complexity index is 879. The summed E-state index contributed by atoms with van der Waals surface area (Å²) in [6.45, 7) is 0. The summed E-state index contributed by atoms with van der Waals surface area (Å²) in [6.07, 6.45) is 0. The number of carbonyl (C=O) groups is 1. The molecule has 0 fully saturated rings. The summed E-state index contributed by atoms with van der Waals surface area (Å²) < 4.78 is 4.80. The van der Waals surface area contributed by atoms with Crippen molar-refractivity contribution in [2.24, 2.45) is 0 Å². The van der Waals surface area contributed by atoms with Gasteiger partial charge in [-0.3, -0.25) is 0 Å². The van der Waals surface area contributed by atoms with Gasteiger partial charge >= 0.3 is 5.97 Å². The number of ether oxygens (including phenoxy) is 1. The molecule has 118 valence electrons. The quantitative estimate of drug-likeness (QED) is 0.425. The second-order valence-corrected chi connectivity index (χ2v) is 6.24. The third kappa shape index (κ3) is 3.28. The standard InChI is InChI=1S/C16H14ClN3O2S/c1-22-15(21)10-3-2-4-12(17)11(10)8-23-16-19-13-6-5-9(18)7-14(13)20-16/h2-7H,8,18H2,1H3,(H,19,20). The van der Waals surface area contributed by atoms with Gasteiger partial charge in [0.2, 0.25) is 0 Å². The fourth-order valence-electron chi connectivity index (χ4n) is 2.22. The van der Waals surface area contributed by atoms with Gasteiger partial charge in [-0.2, -0.15) is 0 Å². The van der Waals surface area contributed by atoms with Gasteiger partial charge < -0.3 is 15.5 Å². The molecule has 0 aliphatic heterocycles. The fraction of sp³-hybridized carbons (Fsp3) is 0.125. The van der Waals surface area contributed by atoms with Crippen LogP contribution in [0.4, 0.5) is 5.69 Å². The highest BCUT2D eigenvalue weighted by molar-refractivity contribution is 7.98. The number of rotatable bonds is 4. The van der Waals surface area contributed by atoms with E-state index in [-0.39, 0.29) is 0 Å². The van der Waals surface area contributed by atoms with Crippen molar-refractivity contribution in [1.82, 2.24) is 9.97 Å². The second-order valence-electron chi connectivity index (χ2n) is 4.86. The number of carbonyl (C=O) groups excluding carboxylic acids is 1. The van der Waals surface area contributed by atoms with Crippen LogP contribution in [0.15, 0.2) is 41.6 Å². The predicted molar refractivity (Wildman–Crippen MR) is 92.9 cm³/mol. The minimum Gasteiger partial charge on any atom is -0.465 e. The van der Waals surface area contributed by atoms with Crippen molar-refractivity contribution in [3.8, 4) is 0 Å². The number of methoxy groups -OCH3 is 1. The summed E-state index contributed by atoms with van der Waals surface area (Å²) in [5.41, 5.74) is 9.35. The van der Waals surface area contributed by atoms with Gasteiger partial charge in [-0.15, -0.1) is 0 Å². The molecule has 7 heteroatoms. The van der Waals surface area contributed by atoms with Crippen molar-refractivity contribution in [2.75, 3.05) is 12.8 Å². The number of benzene rings is 2. The summed E-state index contributed by atoms with van der Waals surface area (Å²) in [5, 5.41) is 1.27. The van der Waals surface area contributed by atoms with Crippen LogP contribution in [-0.4, -0.2) is 23.0 Å². The van der Waals surface area contributed by atoms with E-state index in [4.69, 9.17) is 22.1 Å². The van der Waals surface area contributed by atoms with E-state index < -0.39 is 5.97 Å². The number of thioether (sulfide) groups is 1. The zero-order chi connectivity index (χ0) is 16.4. The predicted octanol–water partition coefficient (Wildman–Crippen LogP) is 3.88. The molecule has 0 saturated carbocycles. The molecule has 1 heterocycles. The number of hydrogen-bond acceptors (Lipinski definition) is 5. The van der Waals surface area contributed by atoms with Crippen LogP contribution in [0.2, 0.25) is 5.02 Å². The highest BCUT2D eigenvalue weighted by atomic mass is 35.5. The molecule has 0 unspecified atom stereocenters. The Morgan fingerprint density at radius 2 is 2.22 bits per heavy atom. The Morgan fingerprint density at radius 1 is 1.39 bits per heavy atom. The number of hydrogen-bond donors (Lipinski definition) is 2. The van der Waals surface area contributed by atoms with Crippen LogP contribution in [0.1, 0.15) is 15.9 Å². The van der Waals surface area contributed by atoms with Gasteiger partial charge in [0.15, 0.2) is 5.16 Å². The molecule has 0 spiro atoms. The molecule has 0 aliphatic rings. The minimum absolute atomic E-state index is 0.402. The first kappa shape index (κ1) is 15.7. The molecule has 23 heavy (non-hydrogen) atoms. The van der Waals surface area contributed by atoms with Gasteiger partial charge in [-0.1, -0.05) is 29.4 Å². The molecule has 5 nitrogen and oxygen atoms in total. The van der Waals surface area contributed by atoms with Gasteiger partial charge in [0, 0.05) is 16.5 Å². The van der Waals surface area contributed by atoms with Crippen LogP contribution in [-0.2, 0) is 10.5 Å². The zero-order valence-electron chi connectivity index (χ0n) is 12.3. The van der Waals surface area contributed by atoms with Crippen LogP contribution in [0.5, 0.6) is 0 Å². The van der Waals surface area contributed by atoms with E-state index >= 15 is 0 Å². The Morgan fingerprint density at radius 3 is 3.00 bits per heavy atom. The third-order valence-corrected chi connectivity index (χ3v) is 4.62. The van der Waals surface area contributed by atoms with Crippen molar-refractivity contribution < 1.29 is 9.53 Å². The molecule has 0 aliphatic carbocycles.